The molecule has 0 saturated heterocycles. The number of hydrogen-bond donors (Lipinski definition) is 2. The molecule has 2 N–H and O–H groups in total. The van der Waals surface area contributed by atoms with E-state index in [9.17, 15) is 18.4 Å². The van der Waals surface area contributed by atoms with Crippen LogP contribution in [0.15, 0.2) is 47.4 Å². The summed E-state index contributed by atoms with van der Waals surface area (Å²) >= 11 is 6.37. The maximum atomic E-state index is 12.4. The minimum Gasteiger partial charge on any atom is -0.350 e. The lowest BCUT2D eigenvalue weighted by atomic mass is 10.1. The second-order valence-electron chi connectivity index (χ2n) is 5.68. The van der Waals surface area contributed by atoms with Gasteiger partial charge in [0.1, 0.15) is 0 Å². The molecule has 0 saturated carbocycles. The third-order valence-electron chi connectivity index (χ3n) is 3.24. The second-order valence-corrected chi connectivity index (χ2v) is 7.17. The van der Waals surface area contributed by atoms with Crippen molar-refractivity contribution in [2.24, 2.45) is 0 Å². The zero-order valence-electron chi connectivity index (χ0n) is 14.1. The van der Waals surface area contributed by atoms with Crippen LogP contribution < -0.4 is 10.6 Å². The van der Waals surface area contributed by atoms with E-state index in [0.717, 1.165) is 0 Å². The lowest BCUT2D eigenvalue weighted by Crippen LogP contribution is -2.31. The zero-order chi connectivity index (χ0) is 19.3. The molecule has 0 radical (unpaired) electrons. The van der Waals surface area contributed by atoms with Crippen LogP contribution in [0.5, 0.6) is 0 Å². The summed E-state index contributed by atoms with van der Waals surface area (Å²) in [5, 5.41) is 5.76. The van der Waals surface area contributed by atoms with E-state index in [2.05, 4.69) is 10.6 Å². The molecule has 2 aromatic rings. The monoisotopic (exact) mass is 398 g/mol. The highest BCUT2D eigenvalue weighted by Crippen LogP contribution is 2.26. The Kier molecular flexibility index (Phi) is 6.99. The lowest BCUT2D eigenvalue weighted by Gasteiger charge is -2.14. The predicted octanol–water partition coefficient (Wildman–Crippen LogP) is 5.05. The van der Waals surface area contributed by atoms with Gasteiger partial charge >= 0.3 is 0 Å². The van der Waals surface area contributed by atoms with E-state index in [-0.39, 0.29) is 28.8 Å². The molecule has 4 nitrogen and oxygen atoms in total. The van der Waals surface area contributed by atoms with Gasteiger partial charge in [-0.3, -0.25) is 9.59 Å². The molecule has 2 rings (SSSR count). The van der Waals surface area contributed by atoms with Crippen molar-refractivity contribution in [3.8, 4) is 0 Å². The Morgan fingerprint density at radius 1 is 1.04 bits per heavy atom. The van der Waals surface area contributed by atoms with Gasteiger partial charge < -0.3 is 10.6 Å². The topological polar surface area (TPSA) is 58.2 Å². The first-order valence-electron chi connectivity index (χ1n) is 7.73. The Balaban J connectivity index is 2.20. The van der Waals surface area contributed by atoms with Crippen molar-refractivity contribution >= 4 is 40.9 Å². The lowest BCUT2D eigenvalue weighted by molar-refractivity contribution is 0.0944. The maximum Gasteiger partial charge on any atom is 0.288 e. The Morgan fingerprint density at radius 2 is 1.69 bits per heavy atom. The third kappa shape index (κ3) is 5.71. The molecular weight excluding hydrogens is 382 g/mol. The molecule has 0 bridgehead atoms. The second kappa shape index (κ2) is 9.00. The van der Waals surface area contributed by atoms with Gasteiger partial charge in [0.15, 0.2) is 0 Å². The molecule has 0 aromatic heterocycles. The molecule has 0 fully saturated rings. The maximum absolute atomic E-state index is 12.4. The number of benzene rings is 2. The fourth-order valence-electron chi connectivity index (χ4n) is 2.14. The average molecular weight is 399 g/mol. The molecule has 8 heteroatoms. The summed E-state index contributed by atoms with van der Waals surface area (Å²) in [6.07, 6.45) is 0. The Morgan fingerprint density at radius 3 is 2.27 bits per heavy atom. The summed E-state index contributed by atoms with van der Waals surface area (Å²) in [6.45, 7) is 3.65. The Hall–Kier alpha value is -2.12. The zero-order valence-corrected chi connectivity index (χ0v) is 15.6. The van der Waals surface area contributed by atoms with Gasteiger partial charge in [0.2, 0.25) is 0 Å². The molecule has 2 amide bonds. The number of carbonyl (C=O) groups is 2. The number of halogens is 3. The number of nitrogens with one attached hydrogen (secondary N) is 2. The van der Waals surface area contributed by atoms with Gasteiger partial charge in [0.25, 0.3) is 17.6 Å². The predicted molar refractivity (Wildman–Crippen MR) is 100 cm³/mol. The number of alkyl halides is 2. The normalized spacial score (nSPS) is 10.9. The third-order valence-corrected chi connectivity index (χ3v) is 4.19. The van der Waals surface area contributed by atoms with E-state index in [4.69, 9.17) is 11.6 Å². The summed E-state index contributed by atoms with van der Waals surface area (Å²) in [7, 11) is 0. The van der Waals surface area contributed by atoms with Crippen LogP contribution in [-0.4, -0.2) is 23.6 Å². The fourth-order valence-corrected chi connectivity index (χ4v) is 2.81. The van der Waals surface area contributed by atoms with Crippen molar-refractivity contribution in [3.63, 3.8) is 0 Å². The number of rotatable bonds is 6. The molecule has 26 heavy (non-hydrogen) atoms. The number of amides is 2. The summed E-state index contributed by atoms with van der Waals surface area (Å²) in [4.78, 5) is 25.0. The van der Waals surface area contributed by atoms with Gasteiger partial charge in [0, 0.05) is 21.5 Å². The first-order valence-corrected chi connectivity index (χ1v) is 8.98. The molecule has 0 atom stereocenters. The van der Waals surface area contributed by atoms with Crippen LogP contribution in [0.4, 0.5) is 14.5 Å². The summed E-state index contributed by atoms with van der Waals surface area (Å²) < 4.78 is 24.7. The summed E-state index contributed by atoms with van der Waals surface area (Å²) in [6, 6.07) is 10.3. The van der Waals surface area contributed by atoms with Crippen LogP contribution in [-0.2, 0) is 0 Å². The van der Waals surface area contributed by atoms with Crippen LogP contribution >= 0.6 is 23.4 Å². The van der Waals surface area contributed by atoms with Crippen LogP contribution in [0.3, 0.4) is 0 Å². The van der Waals surface area contributed by atoms with E-state index < -0.39 is 11.7 Å². The highest BCUT2D eigenvalue weighted by atomic mass is 35.5. The smallest absolute Gasteiger partial charge is 0.288 e. The van der Waals surface area contributed by atoms with E-state index >= 15 is 0 Å². The first kappa shape index (κ1) is 20.2. The van der Waals surface area contributed by atoms with Crippen molar-refractivity contribution < 1.29 is 18.4 Å². The fraction of sp³-hybridized carbons (Fsp3) is 0.222. The van der Waals surface area contributed by atoms with Crippen LogP contribution in [0.2, 0.25) is 5.02 Å². The van der Waals surface area contributed by atoms with Crippen LogP contribution in [0.1, 0.15) is 34.6 Å². The molecule has 0 aliphatic rings. The van der Waals surface area contributed by atoms with Gasteiger partial charge in [-0.2, -0.15) is 8.78 Å². The van der Waals surface area contributed by atoms with Crippen molar-refractivity contribution in [1.29, 1.82) is 0 Å². The van der Waals surface area contributed by atoms with Crippen LogP contribution in [0, 0.1) is 0 Å². The SMILES string of the molecule is CC(C)NC(=O)c1ccc(Cl)cc1NC(=O)c1ccc(SC(F)F)cc1. The van der Waals surface area contributed by atoms with Gasteiger partial charge in [-0.15, -0.1) is 0 Å². The van der Waals surface area contributed by atoms with E-state index in [1.165, 1.54) is 36.4 Å². The molecule has 0 aliphatic carbocycles. The van der Waals surface area contributed by atoms with Gasteiger partial charge in [-0.25, -0.2) is 0 Å². The highest BCUT2D eigenvalue weighted by molar-refractivity contribution is 7.99. The largest absolute Gasteiger partial charge is 0.350 e. The Labute approximate surface area is 159 Å². The van der Waals surface area contributed by atoms with E-state index in [1.807, 2.05) is 13.8 Å². The van der Waals surface area contributed by atoms with E-state index in [0.29, 0.717) is 21.7 Å². The Bertz CT molecular complexity index is 798. The number of hydrogen-bond acceptors (Lipinski definition) is 3. The minimum atomic E-state index is -2.52. The molecule has 0 unspecified atom stereocenters. The van der Waals surface area contributed by atoms with Crippen molar-refractivity contribution in [3.05, 3.63) is 58.6 Å². The van der Waals surface area contributed by atoms with Gasteiger partial charge in [0.05, 0.1) is 11.3 Å². The minimum absolute atomic E-state index is 0.0680. The standard InChI is InChI=1S/C18H17ClF2N2O2S/c1-10(2)22-17(25)14-8-5-12(19)9-15(14)23-16(24)11-3-6-13(7-4-11)26-18(20)21/h3-10,18H,1-2H3,(H,22,25)(H,23,24). The number of thioether (sulfide) groups is 1. The summed E-state index contributed by atoms with van der Waals surface area (Å²) in [5.74, 6) is -3.33. The molecular formula is C18H17ClF2N2O2S. The molecule has 138 valence electrons. The molecule has 2 aromatic carbocycles. The van der Waals surface area contributed by atoms with Gasteiger partial charge in [-0.1, -0.05) is 23.4 Å². The molecule has 0 heterocycles. The van der Waals surface area contributed by atoms with Gasteiger partial charge in [-0.05, 0) is 56.3 Å². The number of anilines is 1. The van der Waals surface area contributed by atoms with E-state index in [1.54, 1.807) is 6.07 Å². The van der Waals surface area contributed by atoms with Crippen molar-refractivity contribution in [2.75, 3.05) is 5.32 Å². The molecule has 0 aliphatic heterocycles. The summed E-state index contributed by atoms with van der Waals surface area (Å²) in [5.41, 5.74) is 0.826. The quantitative estimate of drug-likeness (QED) is 0.670. The van der Waals surface area contributed by atoms with Crippen molar-refractivity contribution in [2.45, 2.75) is 30.5 Å². The molecule has 0 spiro atoms. The first-order chi connectivity index (χ1) is 12.3. The highest BCUT2D eigenvalue weighted by Gasteiger charge is 2.16. The van der Waals surface area contributed by atoms with Crippen molar-refractivity contribution in [1.82, 2.24) is 5.32 Å². The van der Waals surface area contributed by atoms with Crippen LogP contribution in [0.25, 0.3) is 0 Å². The number of carbonyl (C=O) groups excluding carboxylic acids is 2. The average Bonchev–Trinajstić information content (AvgIpc) is 2.54.